The third-order valence-corrected chi connectivity index (χ3v) is 10.4. The van der Waals surface area contributed by atoms with Gasteiger partial charge in [-0.15, -0.1) is 0 Å². The Morgan fingerprint density at radius 3 is 2.53 bits per heavy atom. The van der Waals surface area contributed by atoms with E-state index in [4.69, 9.17) is 4.74 Å². The van der Waals surface area contributed by atoms with E-state index in [1.165, 1.54) is 57.8 Å². The van der Waals surface area contributed by atoms with Gasteiger partial charge in [-0.25, -0.2) is 0 Å². The molecular weight excluding hydrogens is 398 g/mol. The Kier molecular flexibility index (Phi) is 7.92. The number of amides is 1. The summed E-state index contributed by atoms with van der Waals surface area (Å²) in [5, 5.41) is 11.0. The topological polar surface area (TPSA) is 49.8 Å². The van der Waals surface area contributed by atoms with Crippen LogP contribution in [0.3, 0.4) is 0 Å². The van der Waals surface area contributed by atoms with Crippen LogP contribution in [-0.4, -0.2) is 47.8 Å². The lowest BCUT2D eigenvalue weighted by Crippen LogP contribution is -2.49. The molecule has 0 spiro atoms. The summed E-state index contributed by atoms with van der Waals surface area (Å²) in [5.74, 6) is 3.84. The number of hydrogen-bond donors (Lipinski definition) is 1. The number of aliphatic hydroxyl groups is 1. The Morgan fingerprint density at radius 1 is 1.03 bits per heavy atom. The van der Waals surface area contributed by atoms with Crippen molar-refractivity contribution in [1.29, 1.82) is 0 Å². The monoisotopic (exact) mass is 447 g/mol. The van der Waals surface area contributed by atoms with Crippen LogP contribution in [0.25, 0.3) is 0 Å². The number of likely N-dealkylation sites (tertiary alicyclic amines) is 1. The summed E-state index contributed by atoms with van der Waals surface area (Å²) >= 11 is 0. The van der Waals surface area contributed by atoms with Crippen molar-refractivity contribution >= 4 is 5.91 Å². The molecule has 1 heterocycles. The molecule has 7 atom stereocenters. The lowest BCUT2D eigenvalue weighted by Gasteiger charge is -2.53. The molecular formula is C28H49NO3. The van der Waals surface area contributed by atoms with Crippen molar-refractivity contribution in [1.82, 2.24) is 4.90 Å². The van der Waals surface area contributed by atoms with E-state index < -0.39 is 5.60 Å². The van der Waals surface area contributed by atoms with Crippen molar-refractivity contribution in [2.24, 2.45) is 35.0 Å². The van der Waals surface area contributed by atoms with E-state index in [2.05, 4.69) is 18.7 Å². The van der Waals surface area contributed by atoms with Gasteiger partial charge in [0, 0.05) is 25.6 Å². The van der Waals surface area contributed by atoms with Crippen LogP contribution in [-0.2, 0) is 9.53 Å². The van der Waals surface area contributed by atoms with E-state index in [0.29, 0.717) is 19.1 Å². The van der Waals surface area contributed by atoms with Crippen molar-refractivity contribution in [3.8, 4) is 0 Å². The molecule has 4 aliphatic rings. The van der Waals surface area contributed by atoms with Gasteiger partial charge in [0.25, 0.3) is 0 Å². The Bertz CT molecular complexity index is 632. The van der Waals surface area contributed by atoms with Gasteiger partial charge in [0.2, 0.25) is 5.91 Å². The average molecular weight is 448 g/mol. The molecule has 32 heavy (non-hydrogen) atoms. The van der Waals surface area contributed by atoms with Crippen molar-refractivity contribution in [3.63, 3.8) is 0 Å². The van der Waals surface area contributed by atoms with Crippen LogP contribution in [0, 0.1) is 35.0 Å². The number of ether oxygens (including phenoxy) is 1. The molecule has 1 aliphatic heterocycles. The highest BCUT2D eigenvalue weighted by atomic mass is 16.5. The fourth-order valence-corrected chi connectivity index (χ4v) is 8.34. The van der Waals surface area contributed by atoms with Gasteiger partial charge in [0.15, 0.2) is 0 Å². The molecule has 0 aromatic heterocycles. The molecule has 0 aromatic rings. The van der Waals surface area contributed by atoms with Gasteiger partial charge in [-0.05, 0) is 107 Å². The van der Waals surface area contributed by atoms with Crippen molar-refractivity contribution in [2.75, 3.05) is 26.3 Å². The van der Waals surface area contributed by atoms with E-state index >= 15 is 0 Å². The first-order valence-electron chi connectivity index (χ1n) is 14.0. The molecule has 184 valence electrons. The maximum atomic E-state index is 13.5. The highest BCUT2D eigenvalue weighted by Crippen LogP contribution is 2.63. The van der Waals surface area contributed by atoms with E-state index in [9.17, 15) is 9.90 Å². The van der Waals surface area contributed by atoms with Crippen LogP contribution in [0.2, 0.25) is 0 Å². The molecule has 1 amide bonds. The lowest BCUT2D eigenvalue weighted by molar-refractivity contribution is -0.143. The molecule has 0 aromatic carbocycles. The minimum Gasteiger partial charge on any atom is -0.387 e. The van der Waals surface area contributed by atoms with Gasteiger partial charge in [-0.1, -0.05) is 26.7 Å². The third-order valence-electron chi connectivity index (χ3n) is 10.4. The molecule has 1 saturated heterocycles. The summed E-state index contributed by atoms with van der Waals surface area (Å²) in [4.78, 5) is 15.7. The smallest absolute Gasteiger partial charge is 0.226 e. The second-order valence-corrected chi connectivity index (χ2v) is 11.9. The second kappa shape index (κ2) is 10.3. The van der Waals surface area contributed by atoms with Crippen LogP contribution in [0.4, 0.5) is 0 Å². The zero-order valence-corrected chi connectivity index (χ0v) is 21.1. The van der Waals surface area contributed by atoms with Crippen LogP contribution >= 0.6 is 0 Å². The summed E-state index contributed by atoms with van der Waals surface area (Å²) in [7, 11) is 0. The normalized spacial score (nSPS) is 39.2. The molecule has 1 N–H and O–H groups in total. The molecule has 4 fully saturated rings. The maximum Gasteiger partial charge on any atom is 0.226 e. The minimum absolute atomic E-state index is 0.219. The summed E-state index contributed by atoms with van der Waals surface area (Å²) in [6, 6.07) is 0. The van der Waals surface area contributed by atoms with Gasteiger partial charge in [-0.3, -0.25) is 4.79 Å². The molecule has 4 heteroatoms. The van der Waals surface area contributed by atoms with E-state index in [0.717, 1.165) is 62.4 Å². The van der Waals surface area contributed by atoms with Crippen molar-refractivity contribution in [3.05, 3.63) is 0 Å². The standard InChI is InChI=1S/C28H49NO3/c1-4-28(31,20-32-5-2)17-14-21-10-9-11-23-22(21)15-16-27(3)24(23)12-13-25(27)26(30)29-18-7-6-8-19-29/h21-25,31H,4-20H2,1-3H3/t21-,22-,23-,24+,25-,27+,28+/m1/s1. The highest BCUT2D eigenvalue weighted by molar-refractivity contribution is 5.80. The Morgan fingerprint density at radius 2 is 1.81 bits per heavy atom. The SMILES string of the molecule is CCOC[C@](O)(CC)CC[C@H]1CCC[C@@H]2[C@@H]1CC[C@]1(C)[C@@H](C(=O)N3CCCCC3)CC[C@@H]21. The number of carbonyl (C=O) groups excluding carboxylic acids is 1. The molecule has 4 nitrogen and oxygen atoms in total. The first-order valence-corrected chi connectivity index (χ1v) is 14.0. The predicted octanol–water partition coefficient (Wildman–Crippen LogP) is 5.82. The van der Waals surface area contributed by atoms with Crippen LogP contribution < -0.4 is 0 Å². The average Bonchev–Trinajstić information content (AvgIpc) is 3.19. The van der Waals surface area contributed by atoms with Gasteiger partial charge >= 0.3 is 0 Å². The van der Waals surface area contributed by atoms with Crippen molar-refractivity contribution < 1.29 is 14.6 Å². The van der Waals surface area contributed by atoms with Crippen molar-refractivity contribution in [2.45, 2.75) is 110 Å². The number of rotatable bonds is 8. The first kappa shape index (κ1) is 24.5. The molecule has 4 rings (SSSR count). The summed E-state index contributed by atoms with van der Waals surface area (Å²) in [6.07, 6.45) is 15.4. The van der Waals surface area contributed by atoms with Gasteiger partial charge in [-0.2, -0.15) is 0 Å². The molecule has 3 aliphatic carbocycles. The zero-order valence-electron chi connectivity index (χ0n) is 21.1. The number of hydrogen-bond acceptors (Lipinski definition) is 3. The Hall–Kier alpha value is -0.610. The van der Waals surface area contributed by atoms with Gasteiger partial charge in [0.05, 0.1) is 12.2 Å². The van der Waals surface area contributed by atoms with E-state index in [1.54, 1.807) is 0 Å². The van der Waals surface area contributed by atoms with Gasteiger partial charge < -0.3 is 14.7 Å². The number of carbonyl (C=O) groups is 1. The maximum absolute atomic E-state index is 13.5. The number of piperidine rings is 1. The van der Waals surface area contributed by atoms with E-state index in [-0.39, 0.29) is 11.3 Å². The predicted molar refractivity (Wildman–Crippen MR) is 129 cm³/mol. The fourth-order valence-electron chi connectivity index (χ4n) is 8.34. The zero-order chi connectivity index (χ0) is 22.8. The van der Waals surface area contributed by atoms with E-state index in [1.807, 2.05) is 6.92 Å². The van der Waals surface area contributed by atoms with Gasteiger partial charge in [0.1, 0.15) is 0 Å². The lowest BCUT2D eigenvalue weighted by atomic mass is 9.52. The van der Waals surface area contributed by atoms with Crippen LogP contribution in [0.5, 0.6) is 0 Å². The number of fused-ring (bicyclic) bond motifs is 3. The van der Waals surface area contributed by atoms with Crippen LogP contribution in [0.1, 0.15) is 104 Å². The quantitative estimate of drug-likeness (QED) is 0.510. The summed E-state index contributed by atoms with van der Waals surface area (Å²) in [6.45, 7) is 9.71. The molecule has 0 unspecified atom stereocenters. The summed E-state index contributed by atoms with van der Waals surface area (Å²) < 4.78 is 5.60. The summed E-state index contributed by atoms with van der Waals surface area (Å²) in [5.41, 5.74) is -0.442. The highest BCUT2D eigenvalue weighted by Gasteiger charge is 2.57. The minimum atomic E-state index is -0.661. The first-order chi connectivity index (χ1) is 15.4. The number of nitrogens with zero attached hydrogens (tertiary/aromatic N) is 1. The molecule has 0 bridgehead atoms. The Balaban J connectivity index is 1.40. The second-order valence-electron chi connectivity index (χ2n) is 11.9. The van der Waals surface area contributed by atoms with Crippen LogP contribution in [0.15, 0.2) is 0 Å². The third kappa shape index (κ3) is 4.78. The fraction of sp³-hybridized carbons (Fsp3) is 0.964. The largest absolute Gasteiger partial charge is 0.387 e. The molecule has 0 radical (unpaired) electrons. The Labute approximate surface area is 196 Å². The molecule has 3 saturated carbocycles.